The molecule has 2 aliphatic rings. The minimum absolute atomic E-state index is 0.0262. The first-order valence-electron chi connectivity index (χ1n) is 13.8. The van der Waals surface area contributed by atoms with Gasteiger partial charge in [-0.3, -0.25) is 9.59 Å². The summed E-state index contributed by atoms with van der Waals surface area (Å²) < 4.78 is 39.4. The number of carbonyl (C=O) groups excluding carboxylic acids is 2. The Bertz CT molecular complexity index is 1790. The summed E-state index contributed by atoms with van der Waals surface area (Å²) in [4.78, 5) is 37.7. The number of carboxylic acid groups (broad SMARTS) is 1. The monoisotopic (exact) mass is 594 g/mol. The third-order valence-electron chi connectivity index (χ3n) is 7.52. The van der Waals surface area contributed by atoms with Crippen LogP contribution in [0, 0.1) is 17.0 Å². The highest BCUT2D eigenvalue weighted by atomic mass is 19.1. The molecule has 44 heavy (non-hydrogen) atoms. The maximum absolute atomic E-state index is 15.2. The topological polar surface area (TPSA) is 89.9 Å². The fourth-order valence-corrected chi connectivity index (χ4v) is 4.91. The van der Waals surface area contributed by atoms with Gasteiger partial charge in [-0.05, 0) is 95.3 Å². The van der Waals surface area contributed by atoms with Crippen LogP contribution in [0.3, 0.4) is 0 Å². The van der Waals surface area contributed by atoms with Crippen LogP contribution in [0.1, 0.15) is 51.0 Å². The molecule has 0 heterocycles. The van der Waals surface area contributed by atoms with E-state index in [4.69, 9.17) is 9.47 Å². The molecular weight excluding hydrogens is 566 g/mol. The van der Waals surface area contributed by atoms with Gasteiger partial charge >= 0.3 is 5.97 Å². The van der Waals surface area contributed by atoms with Crippen LogP contribution < -0.4 is 4.74 Å². The van der Waals surface area contributed by atoms with Crippen molar-refractivity contribution in [1.29, 1.82) is 0 Å². The van der Waals surface area contributed by atoms with Gasteiger partial charge in [-0.25, -0.2) is 13.6 Å². The number of benzene rings is 3. The van der Waals surface area contributed by atoms with Crippen LogP contribution in [0.2, 0.25) is 0 Å². The minimum Gasteiger partial charge on any atom is -0.478 e. The third kappa shape index (κ3) is 6.40. The molecular formula is C36H28F2O6. The minimum atomic E-state index is -1.14. The number of carboxylic acids is 1. The lowest BCUT2D eigenvalue weighted by Gasteiger charge is -2.17. The lowest BCUT2D eigenvalue weighted by Crippen LogP contribution is -2.22. The van der Waals surface area contributed by atoms with Gasteiger partial charge in [0.25, 0.3) is 0 Å². The number of aromatic carboxylic acids is 1. The molecule has 0 aliphatic heterocycles. The van der Waals surface area contributed by atoms with E-state index in [-0.39, 0.29) is 41.1 Å². The molecule has 0 atom stereocenters. The number of rotatable bonds is 11. The predicted molar refractivity (Wildman–Crippen MR) is 163 cm³/mol. The van der Waals surface area contributed by atoms with Crippen molar-refractivity contribution in [3.05, 3.63) is 137 Å². The molecule has 1 saturated carbocycles. The molecule has 6 nitrogen and oxygen atoms in total. The van der Waals surface area contributed by atoms with Crippen molar-refractivity contribution in [3.8, 4) is 5.75 Å². The van der Waals surface area contributed by atoms with E-state index in [0.717, 1.165) is 0 Å². The van der Waals surface area contributed by atoms with E-state index in [0.29, 0.717) is 46.2 Å². The molecule has 1 fully saturated rings. The zero-order valence-electron chi connectivity index (χ0n) is 23.8. The van der Waals surface area contributed by atoms with Gasteiger partial charge in [-0.15, -0.1) is 0 Å². The van der Waals surface area contributed by atoms with Crippen molar-refractivity contribution in [2.45, 2.75) is 19.4 Å². The summed E-state index contributed by atoms with van der Waals surface area (Å²) in [6, 6.07) is 12.9. The molecule has 0 aromatic heterocycles. The standard InChI is InChI=1S/C36H28F2O6/c1-22-4-3-5-31(29-20-28(35(41)42)25(21-43-2)19-27(22)29)44-32-13-8-24(18-30(32)38)10-15-34(40)36(16-17-36)33(39)14-9-23-6-11-26(37)12-7-23/h3-15,18-20H,1,16-17,21H2,2H3,(H,41,42)/b14-9+,15-10+. The first-order valence-corrected chi connectivity index (χ1v) is 13.8. The SMILES string of the molecule is C=C1C=CC=C(Oc2ccc(/C=C/C(=O)C3(C(=O)/C=C/c4ccc(F)cc4)CC3)cc2F)c2cc(C(=O)O)c(COC)cc21. The molecule has 0 unspecified atom stereocenters. The number of methoxy groups -OCH3 is 1. The molecule has 0 spiro atoms. The number of halogens is 2. The van der Waals surface area contributed by atoms with E-state index in [1.165, 1.54) is 67.8 Å². The van der Waals surface area contributed by atoms with Crippen LogP contribution in [0.15, 0.2) is 91.6 Å². The first kappa shape index (κ1) is 30.3. The Kier molecular flexibility index (Phi) is 8.64. The summed E-state index contributed by atoms with van der Waals surface area (Å²) >= 11 is 0. The maximum Gasteiger partial charge on any atom is 0.336 e. The number of ketones is 2. The Morgan fingerprint density at radius 3 is 2.20 bits per heavy atom. The van der Waals surface area contributed by atoms with Crippen molar-refractivity contribution >= 4 is 41.0 Å². The highest BCUT2D eigenvalue weighted by molar-refractivity contribution is 6.19. The molecule has 3 aromatic rings. The fraction of sp³-hybridized carbons (Fsp3) is 0.139. The number of ether oxygens (including phenoxy) is 2. The first-order chi connectivity index (χ1) is 21.1. The van der Waals surface area contributed by atoms with Gasteiger partial charge < -0.3 is 14.6 Å². The normalized spacial score (nSPS) is 15.2. The van der Waals surface area contributed by atoms with E-state index in [2.05, 4.69) is 6.58 Å². The predicted octanol–water partition coefficient (Wildman–Crippen LogP) is 7.46. The van der Waals surface area contributed by atoms with Crippen LogP contribution in [-0.4, -0.2) is 29.8 Å². The summed E-state index contributed by atoms with van der Waals surface area (Å²) in [6.07, 6.45) is 11.4. The van der Waals surface area contributed by atoms with Crippen LogP contribution in [0.4, 0.5) is 8.78 Å². The molecule has 0 amide bonds. The summed E-state index contributed by atoms with van der Waals surface area (Å²) in [5.41, 5.74) is 2.04. The zero-order chi connectivity index (χ0) is 31.4. The Morgan fingerprint density at radius 2 is 1.59 bits per heavy atom. The smallest absolute Gasteiger partial charge is 0.336 e. The second kappa shape index (κ2) is 12.6. The second-order valence-corrected chi connectivity index (χ2v) is 10.5. The van der Waals surface area contributed by atoms with Crippen LogP contribution >= 0.6 is 0 Å². The van der Waals surface area contributed by atoms with Gasteiger partial charge in [-0.1, -0.05) is 49.1 Å². The number of allylic oxidation sites excluding steroid dienone is 6. The van der Waals surface area contributed by atoms with Crippen LogP contribution in [-0.2, 0) is 20.9 Å². The van der Waals surface area contributed by atoms with Crippen molar-refractivity contribution < 1.29 is 37.7 Å². The van der Waals surface area contributed by atoms with Gasteiger partial charge in [0.15, 0.2) is 23.1 Å². The highest BCUT2D eigenvalue weighted by Crippen LogP contribution is 2.48. The third-order valence-corrected chi connectivity index (χ3v) is 7.52. The second-order valence-electron chi connectivity index (χ2n) is 10.5. The van der Waals surface area contributed by atoms with Crippen molar-refractivity contribution in [2.24, 2.45) is 5.41 Å². The van der Waals surface area contributed by atoms with Crippen LogP contribution in [0.25, 0.3) is 23.5 Å². The Labute approximate surface area is 252 Å². The van der Waals surface area contributed by atoms with Gasteiger partial charge in [0, 0.05) is 12.7 Å². The lowest BCUT2D eigenvalue weighted by molar-refractivity contribution is -0.129. The van der Waals surface area contributed by atoms with E-state index in [9.17, 15) is 23.9 Å². The number of hydrogen-bond donors (Lipinski definition) is 1. The highest BCUT2D eigenvalue weighted by Gasteiger charge is 2.53. The Balaban J connectivity index is 1.32. The Morgan fingerprint density at radius 1 is 0.932 bits per heavy atom. The van der Waals surface area contributed by atoms with Gasteiger partial charge in [0.1, 0.15) is 11.6 Å². The summed E-state index contributed by atoms with van der Waals surface area (Å²) in [7, 11) is 1.47. The van der Waals surface area contributed by atoms with Gasteiger partial charge in [-0.2, -0.15) is 0 Å². The zero-order valence-corrected chi connectivity index (χ0v) is 23.8. The molecule has 1 N–H and O–H groups in total. The Hall–Kier alpha value is -5.21. The molecule has 222 valence electrons. The summed E-state index contributed by atoms with van der Waals surface area (Å²) in [6.45, 7) is 4.13. The van der Waals surface area contributed by atoms with E-state index in [1.807, 2.05) is 0 Å². The largest absolute Gasteiger partial charge is 0.478 e. The average molecular weight is 595 g/mol. The quantitative estimate of drug-likeness (QED) is 0.183. The van der Waals surface area contributed by atoms with Crippen molar-refractivity contribution in [3.63, 3.8) is 0 Å². The van der Waals surface area contributed by atoms with Crippen molar-refractivity contribution in [1.82, 2.24) is 0 Å². The summed E-state index contributed by atoms with van der Waals surface area (Å²) in [5.74, 6) is -2.82. The number of fused-ring (bicyclic) bond motifs is 1. The van der Waals surface area contributed by atoms with E-state index >= 15 is 4.39 Å². The molecule has 5 rings (SSSR count). The van der Waals surface area contributed by atoms with Crippen molar-refractivity contribution in [2.75, 3.05) is 7.11 Å². The van der Waals surface area contributed by atoms with Gasteiger partial charge in [0.2, 0.25) is 0 Å². The molecule has 8 heteroatoms. The fourth-order valence-electron chi connectivity index (χ4n) is 4.91. The molecule has 0 radical (unpaired) electrons. The average Bonchev–Trinajstić information content (AvgIpc) is 3.83. The number of carbonyl (C=O) groups is 3. The van der Waals surface area contributed by atoms with Gasteiger partial charge in [0.05, 0.1) is 17.6 Å². The number of hydrogen-bond acceptors (Lipinski definition) is 5. The van der Waals surface area contributed by atoms with Crippen LogP contribution in [0.5, 0.6) is 5.75 Å². The molecule has 3 aromatic carbocycles. The molecule has 0 saturated heterocycles. The maximum atomic E-state index is 15.2. The molecule has 0 bridgehead atoms. The van der Waals surface area contributed by atoms with E-state index < -0.39 is 17.2 Å². The lowest BCUT2D eigenvalue weighted by atomic mass is 9.93. The van der Waals surface area contributed by atoms with E-state index in [1.54, 1.807) is 36.4 Å². The molecule has 2 aliphatic carbocycles. The summed E-state index contributed by atoms with van der Waals surface area (Å²) in [5, 5.41) is 9.76.